The van der Waals surface area contributed by atoms with Crippen LogP contribution in [0.15, 0.2) is 18.2 Å². The summed E-state index contributed by atoms with van der Waals surface area (Å²) in [4.78, 5) is 11.3. The molecule has 1 saturated heterocycles. The van der Waals surface area contributed by atoms with Crippen molar-refractivity contribution in [2.24, 2.45) is 0 Å². The second kappa shape index (κ2) is 4.61. The molecule has 3 heterocycles. The van der Waals surface area contributed by atoms with Gasteiger partial charge in [-0.3, -0.25) is 4.40 Å². The van der Waals surface area contributed by atoms with E-state index in [9.17, 15) is 9.90 Å². The van der Waals surface area contributed by atoms with Crippen molar-refractivity contribution in [2.75, 3.05) is 11.5 Å². The SMILES string of the molecule is O=C(O)c1cccc2nnc(C3CCSCC3)n12. The number of hydrogen-bond acceptors (Lipinski definition) is 4. The van der Waals surface area contributed by atoms with Gasteiger partial charge in [-0.15, -0.1) is 10.2 Å². The average Bonchev–Trinajstić information content (AvgIpc) is 2.83. The molecular weight excluding hydrogens is 250 g/mol. The molecule has 1 aliphatic rings. The Labute approximate surface area is 108 Å². The molecule has 0 saturated carbocycles. The van der Waals surface area contributed by atoms with Crippen LogP contribution in [0.1, 0.15) is 35.1 Å². The molecular formula is C12H13N3O2S. The van der Waals surface area contributed by atoms with Crippen molar-refractivity contribution in [1.29, 1.82) is 0 Å². The van der Waals surface area contributed by atoms with Crippen LogP contribution < -0.4 is 0 Å². The van der Waals surface area contributed by atoms with Gasteiger partial charge in [0, 0.05) is 5.92 Å². The predicted molar refractivity (Wildman–Crippen MR) is 69.2 cm³/mol. The Morgan fingerprint density at radius 1 is 1.33 bits per heavy atom. The lowest BCUT2D eigenvalue weighted by atomic mass is 10.0. The number of carbonyl (C=O) groups is 1. The Balaban J connectivity index is 2.14. The zero-order valence-corrected chi connectivity index (χ0v) is 10.6. The molecule has 94 valence electrons. The summed E-state index contributed by atoms with van der Waals surface area (Å²) in [5.41, 5.74) is 0.855. The van der Waals surface area contributed by atoms with Gasteiger partial charge >= 0.3 is 5.97 Å². The van der Waals surface area contributed by atoms with Gasteiger partial charge in [0.05, 0.1) is 0 Å². The van der Waals surface area contributed by atoms with E-state index in [2.05, 4.69) is 10.2 Å². The monoisotopic (exact) mass is 263 g/mol. The van der Waals surface area contributed by atoms with Gasteiger partial charge in [-0.1, -0.05) is 6.07 Å². The van der Waals surface area contributed by atoms with Crippen LogP contribution in [0, 0.1) is 0 Å². The van der Waals surface area contributed by atoms with Crippen molar-refractivity contribution in [3.05, 3.63) is 29.7 Å². The van der Waals surface area contributed by atoms with Crippen LogP contribution >= 0.6 is 11.8 Å². The Kier molecular flexibility index (Phi) is 2.95. The summed E-state index contributed by atoms with van der Waals surface area (Å²) in [6.07, 6.45) is 2.08. The molecule has 1 N–H and O–H groups in total. The van der Waals surface area contributed by atoms with Gasteiger partial charge in [0.2, 0.25) is 0 Å². The van der Waals surface area contributed by atoms with Crippen molar-refractivity contribution in [2.45, 2.75) is 18.8 Å². The largest absolute Gasteiger partial charge is 0.477 e. The molecule has 18 heavy (non-hydrogen) atoms. The molecule has 0 unspecified atom stereocenters. The second-order valence-corrected chi connectivity index (χ2v) is 5.58. The van der Waals surface area contributed by atoms with Crippen LogP contribution in [0.4, 0.5) is 0 Å². The van der Waals surface area contributed by atoms with Crippen molar-refractivity contribution in [3.63, 3.8) is 0 Å². The normalized spacial score (nSPS) is 17.1. The number of carboxylic acids is 1. The van der Waals surface area contributed by atoms with E-state index in [0.717, 1.165) is 30.2 Å². The first-order valence-electron chi connectivity index (χ1n) is 5.92. The van der Waals surface area contributed by atoms with Crippen LogP contribution in [0.3, 0.4) is 0 Å². The Morgan fingerprint density at radius 3 is 2.83 bits per heavy atom. The molecule has 6 heteroatoms. The quantitative estimate of drug-likeness (QED) is 0.898. The van der Waals surface area contributed by atoms with Gasteiger partial charge in [0.15, 0.2) is 5.65 Å². The first-order chi connectivity index (χ1) is 8.77. The number of fused-ring (bicyclic) bond motifs is 1. The summed E-state index contributed by atoms with van der Waals surface area (Å²) in [6.45, 7) is 0. The fourth-order valence-electron chi connectivity index (χ4n) is 2.35. The van der Waals surface area contributed by atoms with Crippen LogP contribution in [-0.2, 0) is 0 Å². The summed E-state index contributed by atoms with van der Waals surface area (Å²) >= 11 is 1.94. The second-order valence-electron chi connectivity index (χ2n) is 4.35. The fraction of sp³-hybridized carbons (Fsp3) is 0.417. The molecule has 0 spiro atoms. The van der Waals surface area contributed by atoms with Crippen molar-refractivity contribution in [1.82, 2.24) is 14.6 Å². The average molecular weight is 263 g/mol. The molecule has 2 aromatic heterocycles. The number of thioether (sulfide) groups is 1. The zero-order chi connectivity index (χ0) is 12.5. The maximum atomic E-state index is 11.3. The van der Waals surface area contributed by atoms with Gasteiger partial charge in [-0.05, 0) is 36.5 Å². The number of rotatable bonds is 2. The minimum atomic E-state index is -0.938. The summed E-state index contributed by atoms with van der Waals surface area (Å²) < 4.78 is 1.68. The summed E-state index contributed by atoms with van der Waals surface area (Å²) in [5, 5.41) is 17.5. The minimum Gasteiger partial charge on any atom is -0.477 e. The lowest BCUT2D eigenvalue weighted by molar-refractivity contribution is 0.0688. The van der Waals surface area contributed by atoms with E-state index in [0.29, 0.717) is 11.6 Å². The molecule has 0 amide bonds. The van der Waals surface area contributed by atoms with E-state index in [1.165, 1.54) is 0 Å². The highest BCUT2D eigenvalue weighted by Crippen LogP contribution is 2.31. The van der Waals surface area contributed by atoms with Gasteiger partial charge in [0.25, 0.3) is 0 Å². The zero-order valence-electron chi connectivity index (χ0n) is 9.74. The smallest absolute Gasteiger partial charge is 0.352 e. The van der Waals surface area contributed by atoms with Crippen LogP contribution in [0.2, 0.25) is 0 Å². The molecule has 2 aromatic rings. The number of aromatic carboxylic acids is 1. The third-order valence-corrected chi connectivity index (χ3v) is 4.31. The third-order valence-electron chi connectivity index (χ3n) is 3.26. The van der Waals surface area contributed by atoms with Crippen LogP contribution in [0.5, 0.6) is 0 Å². The fourth-order valence-corrected chi connectivity index (χ4v) is 3.46. The Morgan fingerprint density at radius 2 is 2.11 bits per heavy atom. The molecule has 0 aromatic carbocycles. The molecule has 0 radical (unpaired) electrons. The van der Waals surface area contributed by atoms with Crippen molar-refractivity contribution < 1.29 is 9.90 Å². The maximum absolute atomic E-state index is 11.3. The highest BCUT2D eigenvalue weighted by Gasteiger charge is 2.23. The first-order valence-corrected chi connectivity index (χ1v) is 7.08. The molecule has 0 bridgehead atoms. The molecule has 5 nitrogen and oxygen atoms in total. The van der Waals surface area contributed by atoms with Crippen molar-refractivity contribution >= 4 is 23.4 Å². The molecule has 1 aliphatic heterocycles. The van der Waals surface area contributed by atoms with Crippen LogP contribution in [-0.4, -0.2) is 37.2 Å². The highest BCUT2D eigenvalue weighted by atomic mass is 32.2. The van der Waals surface area contributed by atoms with Crippen LogP contribution in [0.25, 0.3) is 5.65 Å². The maximum Gasteiger partial charge on any atom is 0.352 e. The number of nitrogens with zero attached hydrogens (tertiary/aromatic N) is 3. The number of carboxylic acid groups (broad SMARTS) is 1. The summed E-state index contributed by atoms with van der Waals surface area (Å²) in [5.74, 6) is 2.39. The van der Waals surface area contributed by atoms with Gasteiger partial charge in [0.1, 0.15) is 11.5 Å². The summed E-state index contributed by atoms with van der Waals surface area (Å²) in [6, 6.07) is 5.09. The standard InChI is InChI=1S/C12H13N3O2S/c16-12(17)9-2-1-3-10-13-14-11(15(9)10)8-4-6-18-7-5-8/h1-3,8H,4-7H2,(H,16,17). The number of aromatic nitrogens is 3. The summed E-state index contributed by atoms with van der Waals surface area (Å²) in [7, 11) is 0. The predicted octanol–water partition coefficient (Wildman–Crippen LogP) is 2.04. The number of hydrogen-bond donors (Lipinski definition) is 1. The van der Waals surface area contributed by atoms with E-state index in [-0.39, 0.29) is 5.69 Å². The van der Waals surface area contributed by atoms with Gasteiger partial charge in [-0.2, -0.15) is 11.8 Å². The lowest BCUT2D eigenvalue weighted by Crippen LogP contribution is -2.14. The minimum absolute atomic E-state index is 0.241. The van der Waals surface area contributed by atoms with Gasteiger partial charge < -0.3 is 5.11 Å². The van der Waals surface area contributed by atoms with E-state index in [1.807, 2.05) is 11.8 Å². The number of pyridine rings is 1. The lowest BCUT2D eigenvalue weighted by Gasteiger charge is -2.20. The molecule has 3 rings (SSSR count). The molecule has 0 atom stereocenters. The highest BCUT2D eigenvalue weighted by molar-refractivity contribution is 7.99. The topological polar surface area (TPSA) is 67.5 Å². The Hall–Kier alpha value is -1.56. The molecule has 0 aliphatic carbocycles. The van der Waals surface area contributed by atoms with Crippen molar-refractivity contribution in [3.8, 4) is 0 Å². The van der Waals surface area contributed by atoms with Gasteiger partial charge in [-0.25, -0.2) is 4.79 Å². The third kappa shape index (κ3) is 1.86. The van der Waals surface area contributed by atoms with E-state index < -0.39 is 5.97 Å². The first kappa shape index (κ1) is 11.5. The molecule has 1 fully saturated rings. The van der Waals surface area contributed by atoms with E-state index in [4.69, 9.17) is 0 Å². The van der Waals surface area contributed by atoms with E-state index in [1.54, 1.807) is 22.6 Å². The Bertz CT molecular complexity index is 590. The van der Waals surface area contributed by atoms with E-state index >= 15 is 0 Å².